The van der Waals surface area contributed by atoms with Crippen molar-refractivity contribution in [1.29, 1.82) is 0 Å². The Bertz CT molecular complexity index is 582. The Morgan fingerprint density at radius 1 is 1.32 bits per heavy atom. The second-order valence-electron chi connectivity index (χ2n) is 5.65. The van der Waals surface area contributed by atoms with Gasteiger partial charge in [-0.05, 0) is 42.5 Å². The van der Waals surface area contributed by atoms with Crippen molar-refractivity contribution in [2.24, 2.45) is 18.7 Å². The Labute approximate surface area is 114 Å². The highest BCUT2D eigenvalue weighted by atomic mass is 16.5. The molecule has 3 nitrogen and oxygen atoms in total. The van der Waals surface area contributed by atoms with Crippen LogP contribution in [0.1, 0.15) is 37.3 Å². The number of hydrogen-bond acceptors (Lipinski definition) is 2. The molecule has 0 radical (unpaired) electrons. The zero-order chi connectivity index (χ0) is 13.4. The average molecular weight is 258 g/mol. The average Bonchev–Trinajstić information content (AvgIpc) is 3.06. The second-order valence-corrected chi connectivity index (χ2v) is 5.65. The highest BCUT2D eigenvalue weighted by molar-refractivity contribution is 5.85. The maximum Gasteiger partial charge on any atom is 0.119 e. The van der Waals surface area contributed by atoms with Crippen LogP contribution < -0.4 is 10.5 Å². The van der Waals surface area contributed by atoms with E-state index in [0.717, 1.165) is 5.75 Å². The Morgan fingerprint density at radius 2 is 2.05 bits per heavy atom. The molecule has 1 aromatic carbocycles. The highest BCUT2D eigenvalue weighted by Crippen LogP contribution is 2.38. The van der Waals surface area contributed by atoms with Crippen LogP contribution in [-0.2, 0) is 7.05 Å². The number of hydrogen-bond donors (Lipinski definition) is 1. The number of nitrogens with zero attached hydrogens (tertiary/aromatic N) is 1. The monoisotopic (exact) mass is 258 g/mol. The number of aromatic nitrogens is 1. The van der Waals surface area contributed by atoms with Gasteiger partial charge in [0, 0.05) is 30.2 Å². The van der Waals surface area contributed by atoms with E-state index in [1.54, 1.807) is 7.11 Å². The van der Waals surface area contributed by atoms with Crippen molar-refractivity contribution in [2.75, 3.05) is 7.11 Å². The molecule has 1 unspecified atom stereocenters. The summed E-state index contributed by atoms with van der Waals surface area (Å²) in [6.45, 7) is 0. The molecule has 1 aromatic heterocycles. The molecule has 3 rings (SSSR count). The van der Waals surface area contributed by atoms with Crippen molar-refractivity contribution in [2.45, 2.75) is 31.7 Å². The fourth-order valence-electron chi connectivity index (χ4n) is 3.36. The number of nitrogens with two attached hydrogens (primary N) is 1. The minimum absolute atomic E-state index is 0.151. The lowest BCUT2D eigenvalue weighted by molar-refractivity contribution is 0.415. The molecule has 2 N–H and O–H groups in total. The number of ether oxygens (including phenoxy) is 1. The van der Waals surface area contributed by atoms with E-state index in [1.165, 1.54) is 42.1 Å². The van der Waals surface area contributed by atoms with Crippen LogP contribution in [0.5, 0.6) is 5.75 Å². The first-order valence-corrected chi connectivity index (χ1v) is 7.09. The van der Waals surface area contributed by atoms with Crippen molar-refractivity contribution in [3.63, 3.8) is 0 Å². The van der Waals surface area contributed by atoms with Crippen molar-refractivity contribution in [3.8, 4) is 5.75 Å². The lowest BCUT2D eigenvalue weighted by Gasteiger charge is -2.18. The fourth-order valence-corrected chi connectivity index (χ4v) is 3.36. The van der Waals surface area contributed by atoms with Crippen LogP contribution in [0.3, 0.4) is 0 Å². The molecule has 1 heterocycles. The normalized spacial score (nSPS) is 18.1. The minimum Gasteiger partial charge on any atom is -0.497 e. The van der Waals surface area contributed by atoms with E-state index in [1.807, 2.05) is 6.07 Å². The van der Waals surface area contributed by atoms with Crippen molar-refractivity contribution < 1.29 is 4.74 Å². The fraction of sp³-hybridized carbons (Fsp3) is 0.500. The van der Waals surface area contributed by atoms with Crippen LogP contribution in [0.2, 0.25) is 0 Å². The molecular weight excluding hydrogens is 236 g/mol. The van der Waals surface area contributed by atoms with Crippen LogP contribution in [0, 0.1) is 5.92 Å². The summed E-state index contributed by atoms with van der Waals surface area (Å²) in [5.41, 5.74) is 9.01. The maximum atomic E-state index is 6.52. The Balaban J connectivity index is 2.06. The number of methoxy groups -OCH3 is 1. The Hall–Kier alpha value is -1.48. The van der Waals surface area contributed by atoms with Crippen molar-refractivity contribution in [3.05, 3.63) is 30.0 Å². The second kappa shape index (κ2) is 4.89. The van der Waals surface area contributed by atoms with E-state index in [2.05, 4.69) is 29.9 Å². The molecule has 1 saturated carbocycles. The smallest absolute Gasteiger partial charge is 0.119 e. The third-order valence-electron chi connectivity index (χ3n) is 4.49. The predicted octanol–water partition coefficient (Wildman–Crippen LogP) is 3.38. The van der Waals surface area contributed by atoms with Crippen LogP contribution in [0.25, 0.3) is 10.9 Å². The van der Waals surface area contributed by atoms with E-state index in [4.69, 9.17) is 10.5 Å². The van der Waals surface area contributed by atoms with Crippen LogP contribution in [0.15, 0.2) is 24.4 Å². The molecule has 0 aliphatic heterocycles. The maximum absolute atomic E-state index is 6.52. The molecule has 3 heteroatoms. The summed E-state index contributed by atoms with van der Waals surface area (Å²) < 4.78 is 7.51. The molecule has 0 amide bonds. The van der Waals surface area contributed by atoms with E-state index in [-0.39, 0.29) is 6.04 Å². The van der Waals surface area contributed by atoms with E-state index >= 15 is 0 Å². The summed E-state index contributed by atoms with van der Waals surface area (Å²) in [4.78, 5) is 0. The first-order valence-electron chi connectivity index (χ1n) is 7.09. The summed E-state index contributed by atoms with van der Waals surface area (Å²) in [6, 6.07) is 6.38. The van der Waals surface area contributed by atoms with Gasteiger partial charge < -0.3 is 15.0 Å². The van der Waals surface area contributed by atoms with Gasteiger partial charge in [-0.1, -0.05) is 12.8 Å². The lowest BCUT2D eigenvalue weighted by atomic mass is 9.92. The Morgan fingerprint density at radius 3 is 2.74 bits per heavy atom. The molecule has 19 heavy (non-hydrogen) atoms. The summed E-state index contributed by atoms with van der Waals surface area (Å²) in [6.07, 6.45) is 7.37. The highest BCUT2D eigenvalue weighted by Gasteiger charge is 2.25. The van der Waals surface area contributed by atoms with Gasteiger partial charge in [-0.2, -0.15) is 0 Å². The molecule has 1 fully saturated rings. The number of benzene rings is 1. The van der Waals surface area contributed by atoms with E-state index in [0.29, 0.717) is 5.92 Å². The summed E-state index contributed by atoms with van der Waals surface area (Å²) in [7, 11) is 3.79. The number of aryl methyl sites for hydroxylation is 1. The number of fused-ring (bicyclic) bond motifs is 1. The number of rotatable bonds is 3. The SMILES string of the molecule is COc1ccc2c(c1)c(C(N)C1CCCC1)cn2C. The van der Waals surface area contributed by atoms with Crippen LogP contribution in [-0.4, -0.2) is 11.7 Å². The third kappa shape index (κ3) is 2.12. The van der Waals surface area contributed by atoms with Crippen molar-refractivity contribution >= 4 is 10.9 Å². The van der Waals surface area contributed by atoms with Gasteiger partial charge in [-0.3, -0.25) is 0 Å². The van der Waals surface area contributed by atoms with Gasteiger partial charge in [0.2, 0.25) is 0 Å². The van der Waals surface area contributed by atoms with Crippen molar-refractivity contribution in [1.82, 2.24) is 4.57 Å². The molecular formula is C16H22N2O. The topological polar surface area (TPSA) is 40.2 Å². The standard InChI is InChI=1S/C16H22N2O/c1-18-10-14(16(17)11-5-3-4-6-11)13-9-12(19-2)7-8-15(13)18/h7-11,16H,3-6,17H2,1-2H3. The molecule has 0 spiro atoms. The molecule has 1 atom stereocenters. The van der Waals surface area contributed by atoms with Gasteiger partial charge in [0.05, 0.1) is 7.11 Å². The molecule has 0 bridgehead atoms. The zero-order valence-electron chi connectivity index (χ0n) is 11.7. The van der Waals surface area contributed by atoms with Gasteiger partial charge in [0.15, 0.2) is 0 Å². The van der Waals surface area contributed by atoms with Crippen LogP contribution >= 0.6 is 0 Å². The van der Waals surface area contributed by atoms with Crippen LogP contribution in [0.4, 0.5) is 0 Å². The van der Waals surface area contributed by atoms with Gasteiger partial charge in [0.25, 0.3) is 0 Å². The quantitative estimate of drug-likeness (QED) is 0.916. The lowest BCUT2D eigenvalue weighted by Crippen LogP contribution is -2.18. The van der Waals surface area contributed by atoms with Gasteiger partial charge >= 0.3 is 0 Å². The molecule has 2 aromatic rings. The first kappa shape index (κ1) is 12.5. The van der Waals surface area contributed by atoms with E-state index < -0.39 is 0 Å². The summed E-state index contributed by atoms with van der Waals surface area (Å²) in [5.74, 6) is 1.54. The predicted molar refractivity (Wildman–Crippen MR) is 78.4 cm³/mol. The summed E-state index contributed by atoms with van der Waals surface area (Å²) >= 11 is 0. The van der Waals surface area contributed by atoms with Gasteiger partial charge in [0.1, 0.15) is 5.75 Å². The summed E-state index contributed by atoms with van der Waals surface area (Å²) in [5, 5.41) is 1.24. The molecule has 0 saturated heterocycles. The van der Waals surface area contributed by atoms with E-state index in [9.17, 15) is 0 Å². The largest absolute Gasteiger partial charge is 0.497 e. The molecule has 1 aliphatic rings. The molecule has 1 aliphatic carbocycles. The third-order valence-corrected chi connectivity index (χ3v) is 4.49. The van der Waals surface area contributed by atoms with Gasteiger partial charge in [-0.15, -0.1) is 0 Å². The zero-order valence-corrected chi connectivity index (χ0v) is 11.7. The first-order chi connectivity index (χ1) is 9.20. The Kier molecular flexibility index (Phi) is 3.23. The van der Waals surface area contributed by atoms with Gasteiger partial charge in [-0.25, -0.2) is 0 Å². The minimum atomic E-state index is 0.151. The molecule has 102 valence electrons.